The van der Waals surface area contributed by atoms with E-state index in [1.807, 2.05) is 48.5 Å². The fourth-order valence-electron chi connectivity index (χ4n) is 6.04. The van der Waals surface area contributed by atoms with E-state index in [9.17, 15) is 24.0 Å². The molecule has 9 heteroatoms. The van der Waals surface area contributed by atoms with Crippen molar-refractivity contribution >= 4 is 29.6 Å². The van der Waals surface area contributed by atoms with Crippen molar-refractivity contribution in [1.82, 2.24) is 15.8 Å². The van der Waals surface area contributed by atoms with E-state index < -0.39 is 54.6 Å². The van der Waals surface area contributed by atoms with Gasteiger partial charge in [-0.25, -0.2) is 0 Å². The molecular formula is C29H23N3O6. The molecule has 9 nitrogen and oxygen atoms in total. The smallest absolute Gasteiger partial charge is 0.326 e. The van der Waals surface area contributed by atoms with Crippen LogP contribution in [0.3, 0.4) is 0 Å². The van der Waals surface area contributed by atoms with Crippen LogP contribution in [-0.2, 0) is 23.9 Å². The lowest BCUT2D eigenvalue weighted by molar-refractivity contribution is -0.155. The summed E-state index contributed by atoms with van der Waals surface area (Å²) in [4.78, 5) is 64.6. The van der Waals surface area contributed by atoms with Crippen molar-refractivity contribution in [2.75, 3.05) is 13.2 Å². The molecule has 4 amide bonds. The standard InChI is InChI=1S/C29H23N3O6/c33-21(30-31-27(35)16-8-2-1-3-9-16)15-38-22(34)14-32-28(36)25-23-17-10-4-5-11-18(17)24(26(25)29(32)37)20-13-7-6-12-19(20)23/h1-13,23-26H,14-15H2,(H,30,33)(H,31,35)/t23?,24?,25-,26-/m0/s1. The lowest BCUT2D eigenvalue weighted by Gasteiger charge is -2.45. The number of benzene rings is 3. The normalized spacial score (nSPS) is 22.3. The Balaban J connectivity index is 1.12. The van der Waals surface area contributed by atoms with Crippen molar-refractivity contribution in [3.8, 4) is 0 Å². The van der Waals surface area contributed by atoms with Crippen molar-refractivity contribution < 1.29 is 28.7 Å². The number of hydrogen-bond acceptors (Lipinski definition) is 6. The van der Waals surface area contributed by atoms with Crippen molar-refractivity contribution in [1.29, 1.82) is 0 Å². The quantitative estimate of drug-likeness (QED) is 0.308. The van der Waals surface area contributed by atoms with Crippen molar-refractivity contribution in [2.45, 2.75) is 11.8 Å². The van der Waals surface area contributed by atoms with Gasteiger partial charge in [0.25, 0.3) is 11.8 Å². The Kier molecular flexibility index (Phi) is 5.75. The van der Waals surface area contributed by atoms with E-state index in [1.165, 1.54) is 0 Å². The van der Waals surface area contributed by atoms with Crippen LogP contribution in [0.25, 0.3) is 0 Å². The molecule has 1 fully saturated rings. The van der Waals surface area contributed by atoms with Gasteiger partial charge in [0.1, 0.15) is 6.54 Å². The number of carbonyl (C=O) groups is 5. The van der Waals surface area contributed by atoms with Crippen LogP contribution >= 0.6 is 0 Å². The highest BCUT2D eigenvalue weighted by Crippen LogP contribution is 2.60. The highest BCUT2D eigenvalue weighted by atomic mass is 16.5. The monoisotopic (exact) mass is 509 g/mol. The Bertz CT molecular complexity index is 1370. The second kappa shape index (κ2) is 9.26. The van der Waals surface area contributed by atoms with Gasteiger partial charge in [0.15, 0.2) is 6.61 Å². The summed E-state index contributed by atoms with van der Waals surface area (Å²) in [5.74, 6) is -4.73. The largest absolute Gasteiger partial charge is 0.454 e. The molecular weight excluding hydrogens is 486 g/mol. The van der Waals surface area contributed by atoms with Gasteiger partial charge in [0.2, 0.25) is 11.8 Å². The van der Waals surface area contributed by atoms with Crippen molar-refractivity contribution in [2.24, 2.45) is 11.8 Å². The van der Waals surface area contributed by atoms with Crippen LogP contribution in [0.2, 0.25) is 0 Å². The predicted octanol–water partition coefficient (Wildman–Crippen LogP) is 1.88. The van der Waals surface area contributed by atoms with Crippen LogP contribution < -0.4 is 10.9 Å². The van der Waals surface area contributed by atoms with Crippen LogP contribution in [0.5, 0.6) is 0 Å². The minimum absolute atomic E-state index is 0.270. The number of carbonyl (C=O) groups excluding carboxylic acids is 5. The van der Waals surface area contributed by atoms with E-state index >= 15 is 0 Å². The molecule has 1 aliphatic heterocycles. The summed E-state index contributed by atoms with van der Waals surface area (Å²) in [7, 11) is 0. The van der Waals surface area contributed by atoms with Gasteiger partial charge >= 0.3 is 5.97 Å². The number of hydrazine groups is 1. The maximum absolute atomic E-state index is 13.5. The van der Waals surface area contributed by atoms with E-state index in [2.05, 4.69) is 10.9 Å². The van der Waals surface area contributed by atoms with Gasteiger partial charge in [-0.2, -0.15) is 0 Å². The van der Waals surface area contributed by atoms with Gasteiger partial charge in [0.05, 0.1) is 11.8 Å². The molecule has 3 aromatic carbocycles. The van der Waals surface area contributed by atoms with Crippen LogP contribution in [0, 0.1) is 11.8 Å². The van der Waals surface area contributed by atoms with Crippen molar-refractivity contribution in [3.63, 3.8) is 0 Å². The number of rotatable bonds is 5. The molecule has 0 saturated carbocycles. The Morgan fingerprint density at radius 1 is 0.684 bits per heavy atom. The van der Waals surface area contributed by atoms with Gasteiger partial charge in [0, 0.05) is 17.4 Å². The number of imide groups is 1. The molecule has 38 heavy (non-hydrogen) atoms. The number of nitrogens with one attached hydrogen (secondary N) is 2. The predicted molar refractivity (Wildman–Crippen MR) is 133 cm³/mol. The number of hydrogen-bond donors (Lipinski definition) is 2. The first-order chi connectivity index (χ1) is 18.5. The number of ether oxygens (including phenoxy) is 1. The number of amides is 4. The molecule has 0 unspecified atom stereocenters. The molecule has 7 rings (SSSR count). The van der Waals surface area contributed by atoms with E-state index in [1.54, 1.807) is 30.3 Å². The van der Waals surface area contributed by atoms with Gasteiger partial charge in [-0.1, -0.05) is 66.7 Å². The van der Waals surface area contributed by atoms with Gasteiger partial charge in [-0.3, -0.25) is 39.7 Å². The first kappa shape index (κ1) is 23.6. The summed E-state index contributed by atoms with van der Waals surface area (Å²) < 4.78 is 5.00. The average molecular weight is 510 g/mol. The molecule has 0 spiro atoms. The number of nitrogens with zero attached hydrogens (tertiary/aromatic N) is 1. The van der Waals surface area contributed by atoms with Crippen molar-refractivity contribution in [3.05, 3.63) is 107 Å². The molecule has 2 bridgehead atoms. The molecule has 1 heterocycles. The Morgan fingerprint density at radius 2 is 1.16 bits per heavy atom. The third-order valence-corrected chi connectivity index (χ3v) is 7.54. The van der Waals surface area contributed by atoms with Crippen LogP contribution in [-0.4, -0.2) is 47.6 Å². The summed E-state index contributed by atoms with van der Waals surface area (Å²) in [6.45, 7) is -1.26. The fourth-order valence-corrected chi connectivity index (χ4v) is 6.04. The Morgan fingerprint density at radius 3 is 1.66 bits per heavy atom. The van der Waals surface area contributed by atoms with E-state index in [4.69, 9.17) is 4.74 Å². The minimum Gasteiger partial charge on any atom is -0.454 e. The molecule has 190 valence electrons. The molecule has 2 N–H and O–H groups in total. The Hall–Kier alpha value is -4.79. The summed E-state index contributed by atoms with van der Waals surface area (Å²) >= 11 is 0. The summed E-state index contributed by atoms with van der Waals surface area (Å²) in [6.07, 6.45) is 0. The maximum Gasteiger partial charge on any atom is 0.326 e. The van der Waals surface area contributed by atoms with Gasteiger partial charge in [-0.15, -0.1) is 0 Å². The molecule has 0 aromatic heterocycles. The zero-order valence-electron chi connectivity index (χ0n) is 20.1. The second-order valence-electron chi connectivity index (χ2n) is 9.56. The zero-order chi connectivity index (χ0) is 26.4. The SMILES string of the molecule is O=C(COC(=O)CN1C(=O)[C@H]2C3c4ccccc4C(c4ccccc43)[C@@H]2C1=O)NNC(=O)c1ccccc1. The lowest BCUT2D eigenvalue weighted by Crippen LogP contribution is -2.44. The van der Waals surface area contributed by atoms with Gasteiger partial charge < -0.3 is 4.74 Å². The molecule has 3 aliphatic carbocycles. The van der Waals surface area contributed by atoms with E-state index in [0.717, 1.165) is 27.2 Å². The number of likely N-dealkylation sites (tertiary alicyclic amines) is 1. The number of esters is 1. The third-order valence-electron chi connectivity index (χ3n) is 7.54. The minimum atomic E-state index is -0.891. The first-order valence-electron chi connectivity index (χ1n) is 12.3. The topological polar surface area (TPSA) is 122 Å². The molecule has 4 aliphatic rings. The Labute approximate surface area is 217 Å². The molecule has 1 saturated heterocycles. The maximum atomic E-state index is 13.5. The molecule has 0 radical (unpaired) electrons. The molecule has 2 atom stereocenters. The van der Waals surface area contributed by atoms with E-state index in [0.29, 0.717) is 5.56 Å². The van der Waals surface area contributed by atoms with Gasteiger partial charge in [-0.05, 0) is 34.4 Å². The lowest BCUT2D eigenvalue weighted by atomic mass is 9.55. The summed E-state index contributed by atoms with van der Waals surface area (Å²) in [5, 5.41) is 0. The first-order valence-corrected chi connectivity index (χ1v) is 12.3. The van der Waals surface area contributed by atoms with Crippen LogP contribution in [0.4, 0.5) is 0 Å². The zero-order valence-corrected chi connectivity index (χ0v) is 20.1. The highest BCUT2D eigenvalue weighted by Gasteiger charge is 2.61. The third kappa shape index (κ3) is 3.75. The molecule has 3 aromatic rings. The highest BCUT2D eigenvalue weighted by molar-refractivity contribution is 6.09. The summed E-state index contributed by atoms with van der Waals surface area (Å²) in [5.41, 5.74) is 8.89. The summed E-state index contributed by atoms with van der Waals surface area (Å²) in [6, 6.07) is 24.0. The average Bonchev–Trinajstić information content (AvgIpc) is 3.20. The van der Waals surface area contributed by atoms with Crippen LogP contribution in [0.1, 0.15) is 44.4 Å². The van der Waals surface area contributed by atoms with Crippen LogP contribution in [0.15, 0.2) is 78.9 Å². The fraction of sp³-hybridized carbons (Fsp3) is 0.207. The van der Waals surface area contributed by atoms with E-state index in [-0.39, 0.29) is 11.8 Å². The second-order valence-corrected chi connectivity index (χ2v) is 9.56.